The Bertz CT molecular complexity index is 406. The molecule has 3 heteroatoms. The second kappa shape index (κ2) is 6.75. The van der Waals surface area contributed by atoms with Gasteiger partial charge in [0.25, 0.3) is 0 Å². The molecule has 3 rings (SSSR count). The molecule has 2 fully saturated rings. The molecular formula is C17H29N3. The largest absolute Gasteiger partial charge is 0.319 e. The van der Waals surface area contributed by atoms with Crippen molar-refractivity contribution in [2.45, 2.75) is 63.8 Å². The summed E-state index contributed by atoms with van der Waals surface area (Å²) < 4.78 is 2.26. The quantitative estimate of drug-likeness (QED) is 0.890. The van der Waals surface area contributed by atoms with Crippen LogP contribution in [-0.4, -0.2) is 23.4 Å². The minimum Gasteiger partial charge on any atom is -0.319 e. The summed E-state index contributed by atoms with van der Waals surface area (Å²) in [5.74, 6) is 1.71. The van der Waals surface area contributed by atoms with Gasteiger partial charge in [-0.15, -0.1) is 0 Å². The molecule has 1 aromatic rings. The lowest BCUT2D eigenvalue weighted by Gasteiger charge is -2.22. The summed E-state index contributed by atoms with van der Waals surface area (Å²) in [6.45, 7) is 1.17. The van der Waals surface area contributed by atoms with Crippen LogP contribution in [0.15, 0.2) is 12.3 Å². The molecule has 0 amide bonds. The van der Waals surface area contributed by atoms with Gasteiger partial charge in [-0.05, 0) is 63.6 Å². The minimum atomic E-state index is 0.675. The number of nitrogens with one attached hydrogen (secondary N) is 1. The molecular weight excluding hydrogens is 246 g/mol. The van der Waals surface area contributed by atoms with Crippen LogP contribution in [-0.2, 0) is 6.42 Å². The molecule has 1 heterocycles. The third-order valence-corrected chi connectivity index (χ3v) is 5.37. The fraction of sp³-hybridized carbons (Fsp3) is 0.824. The molecule has 3 nitrogen and oxygen atoms in total. The first-order valence-electron chi connectivity index (χ1n) is 8.55. The number of nitrogens with zero attached hydrogens (tertiary/aromatic N) is 2. The molecule has 2 saturated carbocycles. The van der Waals surface area contributed by atoms with Crippen molar-refractivity contribution in [3.8, 4) is 0 Å². The van der Waals surface area contributed by atoms with Gasteiger partial charge in [0, 0.05) is 6.20 Å². The monoisotopic (exact) mass is 275 g/mol. The van der Waals surface area contributed by atoms with Gasteiger partial charge >= 0.3 is 0 Å². The Labute approximate surface area is 123 Å². The highest BCUT2D eigenvalue weighted by Gasteiger charge is 2.27. The zero-order valence-corrected chi connectivity index (χ0v) is 12.9. The molecule has 2 aliphatic carbocycles. The van der Waals surface area contributed by atoms with Crippen LogP contribution in [0.3, 0.4) is 0 Å². The predicted molar refractivity (Wildman–Crippen MR) is 82.8 cm³/mol. The van der Waals surface area contributed by atoms with E-state index < -0.39 is 0 Å². The molecule has 0 bridgehead atoms. The SMILES string of the molecule is CNCC1CCCC1Cc1ccn(C2CCCCC2)n1. The van der Waals surface area contributed by atoms with Crippen molar-refractivity contribution in [2.24, 2.45) is 11.8 Å². The van der Waals surface area contributed by atoms with Crippen molar-refractivity contribution < 1.29 is 0 Å². The minimum absolute atomic E-state index is 0.675. The van der Waals surface area contributed by atoms with Crippen molar-refractivity contribution in [1.82, 2.24) is 15.1 Å². The van der Waals surface area contributed by atoms with Crippen LogP contribution in [0.5, 0.6) is 0 Å². The van der Waals surface area contributed by atoms with Crippen molar-refractivity contribution in [3.05, 3.63) is 18.0 Å². The van der Waals surface area contributed by atoms with Gasteiger partial charge in [-0.2, -0.15) is 5.10 Å². The van der Waals surface area contributed by atoms with Crippen molar-refractivity contribution >= 4 is 0 Å². The second-order valence-corrected chi connectivity index (χ2v) is 6.79. The Balaban J connectivity index is 1.59. The van der Waals surface area contributed by atoms with Gasteiger partial charge < -0.3 is 5.32 Å². The molecule has 0 saturated heterocycles. The first-order chi connectivity index (χ1) is 9.86. The number of hydrogen-bond acceptors (Lipinski definition) is 2. The highest BCUT2D eigenvalue weighted by Crippen LogP contribution is 2.34. The van der Waals surface area contributed by atoms with Crippen LogP contribution in [0.2, 0.25) is 0 Å². The van der Waals surface area contributed by atoms with Crippen molar-refractivity contribution in [1.29, 1.82) is 0 Å². The van der Waals surface area contributed by atoms with Crippen LogP contribution >= 0.6 is 0 Å². The van der Waals surface area contributed by atoms with Gasteiger partial charge in [-0.1, -0.05) is 25.7 Å². The fourth-order valence-corrected chi connectivity index (χ4v) is 4.22. The van der Waals surface area contributed by atoms with E-state index in [1.165, 1.54) is 70.0 Å². The van der Waals surface area contributed by atoms with E-state index in [2.05, 4.69) is 29.3 Å². The highest BCUT2D eigenvalue weighted by atomic mass is 15.3. The molecule has 2 aliphatic rings. The molecule has 2 atom stereocenters. The smallest absolute Gasteiger partial charge is 0.0627 e. The van der Waals surface area contributed by atoms with Gasteiger partial charge in [0.1, 0.15) is 0 Å². The van der Waals surface area contributed by atoms with E-state index in [1.54, 1.807) is 0 Å². The Kier molecular flexibility index (Phi) is 4.77. The average molecular weight is 275 g/mol. The maximum atomic E-state index is 4.89. The van der Waals surface area contributed by atoms with E-state index in [9.17, 15) is 0 Å². The molecule has 1 N–H and O–H groups in total. The standard InChI is InChI=1S/C17H29N3/c1-18-13-15-7-5-6-14(15)12-16-10-11-20(19-16)17-8-3-2-4-9-17/h10-11,14-15,17-18H,2-9,12-13H2,1H3. The van der Waals surface area contributed by atoms with Crippen LogP contribution in [0, 0.1) is 11.8 Å². The molecule has 0 spiro atoms. The maximum Gasteiger partial charge on any atom is 0.0627 e. The Hall–Kier alpha value is -0.830. The highest BCUT2D eigenvalue weighted by molar-refractivity contribution is 5.03. The maximum absolute atomic E-state index is 4.89. The Morgan fingerprint density at radius 3 is 2.70 bits per heavy atom. The molecule has 1 aromatic heterocycles. The van der Waals surface area contributed by atoms with Gasteiger partial charge in [-0.3, -0.25) is 4.68 Å². The normalized spacial score (nSPS) is 28.1. The lowest BCUT2D eigenvalue weighted by molar-refractivity contribution is 0.324. The lowest BCUT2D eigenvalue weighted by Crippen LogP contribution is -2.23. The molecule has 2 unspecified atom stereocenters. The molecule has 0 aliphatic heterocycles. The Morgan fingerprint density at radius 1 is 1.10 bits per heavy atom. The zero-order chi connectivity index (χ0) is 13.8. The van der Waals surface area contributed by atoms with Crippen LogP contribution in [0.1, 0.15) is 63.1 Å². The van der Waals surface area contributed by atoms with Crippen LogP contribution < -0.4 is 5.32 Å². The predicted octanol–water partition coefficient (Wildman–Crippen LogP) is 3.57. The number of rotatable bonds is 5. The summed E-state index contributed by atoms with van der Waals surface area (Å²) in [6, 6.07) is 2.94. The van der Waals surface area contributed by atoms with Crippen LogP contribution in [0.4, 0.5) is 0 Å². The van der Waals surface area contributed by atoms with E-state index in [1.807, 2.05) is 0 Å². The molecule has 20 heavy (non-hydrogen) atoms. The molecule has 112 valence electrons. The summed E-state index contributed by atoms with van der Waals surface area (Å²) >= 11 is 0. The lowest BCUT2D eigenvalue weighted by atomic mass is 9.91. The fourth-order valence-electron chi connectivity index (χ4n) is 4.22. The third-order valence-electron chi connectivity index (χ3n) is 5.37. The zero-order valence-electron chi connectivity index (χ0n) is 12.9. The van der Waals surface area contributed by atoms with E-state index in [0.29, 0.717) is 6.04 Å². The summed E-state index contributed by atoms with van der Waals surface area (Å²) in [5, 5.41) is 8.24. The van der Waals surface area contributed by atoms with Gasteiger partial charge in [-0.25, -0.2) is 0 Å². The second-order valence-electron chi connectivity index (χ2n) is 6.79. The van der Waals surface area contributed by atoms with E-state index in [0.717, 1.165) is 11.8 Å². The van der Waals surface area contributed by atoms with Gasteiger partial charge in [0.05, 0.1) is 11.7 Å². The molecule has 0 radical (unpaired) electrons. The number of hydrogen-bond donors (Lipinski definition) is 1. The van der Waals surface area contributed by atoms with Crippen molar-refractivity contribution in [2.75, 3.05) is 13.6 Å². The van der Waals surface area contributed by atoms with E-state index in [4.69, 9.17) is 5.10 Å². The first-order valence-corrected chi connectivity index (χ1v) is 8.55. The topological polar surface area (TPSA) is 29.9 Å². The summed E-state index contributed by atoms with van der Waals surface area (Å²) in [6.07, 6.45) is 14.4. The first kappa shape index (κ1) is 14.1. The van der Waals surface area contributed by atoms with Gasteiger partial charge in [0.15, 0.2) is 0 Å². The van der Waals surface area contributed by atoms with Crippen LogP contribution in [0.25, 0.3) is 0 Å². The Morgan fingerprint density at radius 2 is 1.90 bits per heavy atom. The van der Waals surface area contributed by atoms with E-state index in [-0.39, 0.29) is 0 Å². The average Bonchev–Trinajstić information content (AvgIpc) is 3.11. The summed E-state index contributed by atoms with van der Waals surface area (Å²) in [7, 11) is 2.08. The molecule has 0 aromatic carbocycles. The number of aromatic nitrogens is 2. The summed E-state index contributed by atoms with van der Waals surface area (Å²) in [5.41, 5.74) is 1.32. The van der Waals surface area contributed by atoms with E-state index >= 15 is 0 Å². The third kappa shape index (κ3) is 3.25. The van der Waals surface area contributed by atoms with Gasteiger partial charge in [0.2, 0.25) is 0 Å². The van der Waals surface area contributed by atoms with Crippen molar-refractivity contribution in [3.63, 3.8) is 0 Å². The summed E-state index contributed by atoms with van der Waals surface area (Å²) in [4.78, 5) is 0.